The molecule has 0 N–H and O–H groups in total. The second-order valence-electron chi connectivity index (χ2n) is 6.72. The van der Waals surface area contributed by atoms with Crippen molar-refractivity contribution in [2.75, 3.05) is 24.5 Å². The van der Waals surface area contributed by atoms with Crippen LogP contribution in [0.25, 0.3) is 0 Å². The number of halogens is 1. The molecule has 132 valence electrons. The highest BCUT2D eigenvalue weighted by molar-refractivity contribution is 9.10. The van der Waals surface area contributed by atoms with Gasteiger partial charge < -0.3 is 14.5 Å². The van der Waals surface area contributed by atoms with Crippen molar-refractivity contribution in [1.82, 2.24) is 9.88 Å². The number of aromatic nitrogens is 1. The molecule has 0 aliphatic carbocycles. The standard InChI is InChI=1S/C15H21BrN4O4/c1-10-9-18(5-6-19(10)14(21)24-15(2,3)4)13-12(20(22)23)7-11(16)8-17-13/h7-8,10H,5-6,9H2,1-4H3/t10-/m1/s1. The fraction of sp³-hybridized carbons (Fsp3) is 0.600. The molecule has 1 aliphatic rings. The first-order valence-corrected chi connectivity index (χ1v) is 8.42. The molecule has 1 aromatic heterocycles. The molecule has 2 heterocycles. The molecule has 0 aromatic carbocycles. The van der Waals surface area contributed by atoms with Gasteiger partial charge in [-0.3, -0.25) is 10.1 Å². The highest BCUT2D eigenvalue weighted by atomic mass is 79.9. The minimum Gasteiger partial charge on any atom is -0.444 e. The van der Waals surface area contributed by atoms with E-state index >= 15 is 0 Å². The summed E-state index contributed by atoms with van der Waals surface area (Å²) in [5.41, 5.74) is -0.609. The number of pyridine rings is 1. The van der Waals surface area contributed by atoms with E-state index in [0.29, 0.717) is 29.9 Å². The number of carbonyl (C=O) groups is 1. The maximum Gasteiger partial charge on any atom is 0.410 e. The summed E-state index contributed by atoms with van der Waals surface area (Å²) in [5, 5.41) is 11.3. The van der Waals surface area contributed by atoms with Crippen LogP contribution in [0.5, 0.6) is 0 Å². The number of carbonyl (C=O) groups excluding carboxylic acids is 1. The average Bonchev–Trinajstić information content (AvgIpc) is 2.44. The van der Waals surface area contributed by atoms with Crippen LogP contribution in [-0.4, -0.2) is 52.2 Å². The first-order chi connectivity index (χ1) is 11.1. The lowest BCUT2D eigenvalue weighted by Gasteiger charge is -2.40. The van der Waals surface area contributed by atoms with Crippen LogP contribution in [0.3, 0.4) is 0 Å². The van der Waals surface area contributed by atoms with Crippen LogP contribution < -0.4 is 4.90 Å². The van der Waals surface area contributed by atoms with E-state index in [-0.39, 0.29) is 17.8 Å². The van der Waals surface area contributed by atoms with Crippen LogP contribution in [0.15, 0.2) is 16.7 Å². The number of amides is 1. The largest absolute Gasteiger partial charge is 0.444 e. The van der Waals surface area contributed by atoms with Crippen molar-refractivity contribution in [3.8, 4) is 0 Å². The lowest BCUT2D eigenvalue weighted by atomic mass is 10.2. The molecule has 24 heavy (non-hydrogen) atoms. The van der Waals surface area contributed by atoms with E-state index in [1.165, 1.54) is 12.3 Å². The fourth-order valence-electron chi connectivity index (χ4n) is 2.54. The van der Waals surface area contributed by atoms with E-state index in [0.717, 1.165) is 0 Å². The minimum absolute atomic E-state index is 0.0534. The Morgan fingerprint density at radius 2 is 2.12 bits per heavy atom. The SMILES string of the molecule is C[C@@H]1CN(c2ncc(Br)cc2[N+](=O)[O-])CCN1C(=O)OC(C)(C)C. The molecule has 2 rings (SSSR count). The Balaban J connectivity index is 2.14. The van der Waals surface area contributed by atoms with Gasteiger partial charge in [-0.1, -0.05) is 0 Å². The minimum atomic E-state index is -0.556. The van der Waals surface area contributed by atoms with E-state index in [1.807, 2.05) is 32.6 Å². The topological polar surface area (TPSA) is 88.8 Å². The van der Waals surface area contributed by atoms with Crippen LogP contribution in [0.1, 0.15) is 27.7 Å². The van der Waals surface area contributed by atoms with Gasteiger partial charge in [-0.25, -0.2) is 9.78 Å². The quantitative estimate of drug-likeness (QED) is 0.559. The van der Waals surface area contributed by atoms with Crippen LogP contribution in [0, 0.1) is 10.1 Å². The molecule has 0 radical (unpaired) electrons. The predicted octanol–water partition coefficient (Wildman–Crippen LogP) is 3.20. The maximum absolute atomic E-state index is 12.2. The summed E-state index contributed by atoms with van der Waals surface area (Å²) >= 11 is 3.20. The number of anilines is 1. The molecule has 0 bridgehead atoms. The van der Waals surface area contributed by atoms with Crippen molar-refractivity contribution < 1.29 is 14.5 Å². The molecule has 8 nitrogen and oxygen atoms in total. The Labute approximate surface area is 149 Å². The first-order valence-electron chi connectivity index (χ1n) is 7.63. The lowest BCUT2D eigenvalue weighted by Crippen LogP contribution is -2.55. The molecule has 9 heteroatoms. The highest BCUT2D eigenvalue weighted by Crippen LogP contribution is 2.30. The van der Waals surface area contributed by atoms with Crippen LogP contribution >= 0.6 is 15.9 Å². The smallest absolute Gasteiger partial charge is 0.410 e. The third-order valence-corrected chi connectivity index (χ3v) is 4.00. The number of ether oxygens (including phenoxy) is 1. The van der Waals surface area contributed by atoms with Gasteiger partial charge in [0.1, 0.15) is 5.60 Å². The zero-order chi connectivity index (χ0) is 18.1. The summed E-state index contributed by atoms with van der Waals surface area (Å²) in [7, 11) is 0. The molecule has 1 amide bonds. The Kier molecular flexibility index (Phi) is 5.32. The van der Waals surface area contributed by atoms with Crippen LogP contribution in [0.2, 0.25) is 0 Å². The van der Waals surface area contributed by atoms with Crippen molar-refractivity contribution in [2.45, 2.75) is 39.3 Å². The van der Waals surface area contributed by atoms with Gasteiger partial charge in [-0.05, 0) is 43.6 Å². The van der Waals surface area contributed by atoms with Crippen molar-refractivity contribution >= 4 is 33.5 Å². The fourth-order valence-corrected chi connectivity index (χ4v) is 2.86. The number of rotatable bonds is 2. The predicted molar refractivity (Wildman–Crippen MR) is 93.2 cm³/mol. The molecular weight excluding hydrogens is 380 g/mol. The molecule has 1 aliphatic heterocycles. The molecule has 0 spiro atoms. The van der Waals surface area contributed by atoms with Crippen LogP contribution in [-0.2, 0) is 4.74 Å². The van der Waals surface area contributed by atoms with E-state index in [4.69, 9.17) is 4.74 Å². The van der Waals surface area contributed by atoms with Crippen molar-refractivity contribution in [2.24, 2.45) is 0 Å². The molecule has 1 aromatic rings. The van der Waals surface area contributed by atoms with Crippen molar-refractivity contribution in [1.29, 1.82) is 0 Å². The summed E-state index contributed by atoms with van der Waals surface area (Å²) in [5.74, 6) is 0.318. The molecular formula is C15H21BrN4O4. The molecule has 1 saturated heterocycles. The third-order valence-electron chi connectivity index (χ3n) is 3.57. The Bertz CT molecular complexity index is 647. The number of piperazine rings is 1. The second-order valence-corrected chi connectivity index (χ2v) is 7.64. The Morgan fingerprint density at radius 3 is 2.67 bits per heavy atom. The third kappa shape index (κ3) is 4.34. The highest BCUT2D eigenvalue weighted by Gasteiger charge is 2.33. The van der Waals surface area contributed by atoms with Gasteiger partial charge in [-0.15, -0.1) is 0 Å². The summed E-state index contributed by atoms with van der Waals surface area (Å²) in [6.07, 6.45) is 1.17. The molecule has 0 unspecified atom stereocenters. The summed E-state index contributed by atoms with van der Waals surface area (Å²) in [4.78, 5) is 30.7. The van der Waals surface area contributed by atoms with Crippen LogP contribution in [0.4, 0.5) is 16.3 Å². The van der Waals surface area contributed by atoms with Gasteiger partial charge in [-0.2, -0.15) is 0 Å². The van der Waals surface area contributed by atoms with Gasteiger partial charge in [0.2, 0.25) is 5.82 Å². The van der Waals surface area contributed by atoms with E-state index < -0.39 is 10.5 Å². The lowest BCUT2D eigenvalue weighted by molar-refractivity contribution is -0.384. The second kappa shape index (κ2) is 6.92. The summed E-state index contributed by atoms with van der Waals surface area (Å²) in [6, 6.07) is 1.30. The zero-order valence-corrected chi connectivity index (χ0v) is 15.7. The molecule has 0 saturated carbocycles. The van der Waals surface area contributed by atoms with E-state index in [9.17, 15) is 14.9 Å². The first kappa shape index (κ1) is 18.4. The van der Waals surface area contributed by atoms with E-state index in [2.05, 4.69) is 20.9 Å². The normalized spacial score (nSPS) is 18.5. The van der Waals surface area contributed by atoms with Gasteiger partial charge in [0.25, 0.3) is 0 Å². The zero-order valence-electron chi connectivity index (χ0n) is 14.2. The van der Waals surface area contributed by atoms with Gasteiger partial charge in [0, 0.05) is 42.4 Å². The molecule has 1 fully saturated rings. The number of hydrogen-bond donors (Lipinski definition) is 0. The summed E-state index contributed by atoms with van der Waals surface area (Å²) < 4.78 is 5.96. The number of hydrogen-bond acceptors (Lipinski definition) is 6. The van der Waals surface area contributed by atoms with Crippen molar-refractivity contribution in [3.63, 3.8) is 0 Å². The van der Waals surface area contributed by atoms with Gasteiger partial charge in [0.15, 0.2) is 0 Å². The average molecular weight is 401 g/mol. The number of nitro groups is 1. The molecule has 1 atom stereocenters. The maximum atomic E-state index is 12.2. The summed E-state index contributed by atoms with van der Waals surface area (Å²) in [6.45, 7) is 8.68. The van der Waals surface area contributed by atoms with E-state index in [1.54, 1.807) is 4.90 Å². The van der Waals surface area contributed by atoms with Gasteiger partial charge >= 0.3 is 11.8 Å². The van der Waals surface area contributed by atoms with Gasteiger partial charge in [0.05, 0.1) is 4.92 Å². The Morgan fingerprint density at radius 1 is 1.46 bits per heavy atom. The monoisotopic (exact) mass is 400 g/mol. The van der Waals surface area contributed by atoms with Crippen molar-refractivity contribution in [3.05, 3.63) is 26.9 Å². The Hall–Kier alpha value is -1.90. The number of nitrogens with zero attached hydrogens (tertiary/aromatic N) is 4.